The number of nitrogens with zero attached hydrogens (tertiary/aromatic N) is 4. The van der Waals surface area contributed by atoms with E-state index in [4.69, 9.17) is 23.1 Å². The van der Waals surface area contributed by atoms with Crippen LogP contribution in [0.25, 0.3) is 0 Å². The minimum atomic E-state index is -1.26. The molecule has 0 radical (unpaired) electrons. The number of hydrogen-bond donors (Lipinski definition) is 5. The number of nitrogen functional groups attached to an aromatic ring is 1. The largest absolute Gasteiger partial charge is 0.477 e. The van der Waals surface area contributed by atoms with Crippen LogP contribution in [-0.4, -0.2) is 78.1 Å². The number of aromatic nitrogens is 2. The van der Waals surface area contributed by atoms with Gasteiger partial charge in [0.05, 0.1) is 0 Å². The molecule has 0 saturated carbocycles. The van der Waals surface area contributed by atoms with Crippen LogP contribution in [0.3, 0.4) is 0 Å². The minimum absolute atomic E-state index is 0.0428. The van der Waals surface area contributed by atoms with Crippen LogP contribution in [0.2, 0.25) is 4.34 Å². The monoisotopic (exact) mass is 587 g/mol. The van der Waals surface area contributed by atoms with Gasteiger partial charge in [0.25, 0.3) is 11.8 Å². The molecule has 4 rings (SSSR count). The van der Waals surface area contributed by atoms with Gasteiger partial charge >= 0.3 is 5.97 Å². The van der Waals surface area contributed by atoms with E-state index < -0.39 is 34.9 Å². The van der Waals surface area contributed by atoms with Gasteiger partial charge in [-0.05, 0) is 6.07 Å². The topological polar surface area (TPSA) is 197 Å². The minimum Gasteiger partial charge on any atom is -0.477 e. The van der Waals surface area contributed by atoms with Crippen molar-refractivity contribution in [2.45, 2.75) is 21.2 Å². The van der Waals surface area contributed by atoms with Gasteiger partial charge < -0.3 is 27.1 Å². The smallest absolute Gasteiger partial charge is 0.353 e. The number of carboxylic acid groups (broad SMARTS) is 1. The molecule has 7 N–H and O–H groups in total. The van der Waals surface area contributed by atoms with Crippen LogP contribution in [0, 0.1) is 0 Å². The van der Waals surface area contributed by atoms with Crippen molar-refractivity contribution in [1.29, 1.82) is 0 Å². The fourth-order valence-corrected chi connectivity index (χ4v) is 7.79. The lowest BCUT2D eigenvalue weighted by Crippen LogP contribution is -2.71. The second-order valence-electron chi connectivity index (χ2n) is 7.12. The van der Waals surface area contributed by atoms with Gasteiger partial charge in [0.1, 0.15) is 27.1 Å². The second-order valence-corrected chi connectivity index (χ2v) is 12.1. The summed E-state index contributed by atoms with van der Waals surface area (Å²) in [4.78, 5) is 49.2. The zero-order chi connectivity index (χ0) is 26.0. The number of nitrogens with one attached hydrogen (secondary N) is 1. The highest BCUT2D eigenvalue weighted by Gasteiger charge is 2.54. The van der Waals surface area contributed by atoms with E-state index >= 15 is 0 Å². The molecule has 0 aliphatic carbocycles. The molecule has 17 heteroatoms. The van der Waals surface area contributed by atoms with E-state index in [2.05, 4.69) is 20.4 Å². The third-order valence-electron chi connectivity index (χ3n) is 4.92. The molecule has 2 atom stereocenters. The first-order valence-electron chi connectivity index (χ1n) is 10.1. The van der Waals surface area contributed by atoms with E-state index in [1.807, 2.05) is 6.07 Å². The van der Waals surface area contributed by atoms with Crippen molar-refractivity contribution in [3.05, 3.63) is 39.1 Å². The van der Waals surface area contributed by atoms with Gasteiger partial charge in [0.15, 0.2) is 10.8 Å². The fraction of sp³-hybridized carbons (Fsp3) is 0.263. The number of nitrogens with two attached hydrogens (primary N) is 2. The maximum atomic E-state index is 13.0. The summed E-state index contributed by atoms with van der Waals surface area (Å²) >= 11 is 11.0. The normalized spacial score (nSPS) is 19.7. The summed E-state index contributed by atoms with van der Waals surface area (Å²) < 4.78 is 0.0428. The van der Waals surface area contributed by atoms with Crippen molar-refractivity contribution in [3.8, 4) is 0 Å². The van der Waals surface area contributed by atoms with Gasteiger partial charge in [-0.3, -0.25) is 19.5 Å². The van der Waals surface area contributed by atoms with Crippen molar-refractivity contribution in [1.82, 2.24) is 20.2 Å². The number of carbonyl (C=O) groups is 3. The average molecular weight is 588 g/mol. The Bertz CT molecular complexity index is 1290. The molecule has 1 saturated heterocycles. The predicted molar refractivity (Wildman–Crippen MR) is 139 cm³/mol. The van der Waals surface area contributed by atoms with Crippen LogP contribution in [0.5, 0.6) is 0 Å². The highest BCUT2D eigenvalue weighted by atomic mass is 35.5. The molecule has 190 valence electrons. The predicted octanol–water partition coefficient (Wildman–Crippen LogP) is 1.49. The van der Waals surface area contributed by atoms with E-state index in [9.17, 15) is 24.7 Å². The molecule has 2 aliphatic rings. The van der Waals surface area contributed by atoms with Gasteiger partial charge in [-0.2, -0.15) is 0 Å². The SMILES string of the molecule is NCCSc1ccncc1SC1=C(C(=O)O)N2C(=O)[C@@H](NC(=O)/C(=N\O)c3nc(N)sc3Cl)[C@H]2SC1. The Morgan fingerprint density at radius 2 is 2.17 bits per heavy atom. The lowest BCUT2D eigenvalue weighted by molar-refractivity contribution is -0.150. The number of β-lactam (4-membered cyclic amide) rings is 1. The molecule has 4 heterocycles. The Hall–Kier alpha value is -2.50. The zero-order valence-corrected chi connectivity index (χ0v) is 22.1. The Morgan fingerprint density at radius 3 is 2.81 bits per heavy atom. The molecule has 0 spiro atoms. The molecule has 36 heavy (non-hydrogen) atoms. The molecule has 0 bridgehead atoms. The summed E-state index contributed by atoms with van der Waals surface area (Å²) in [5.74, 6) is -1.80. The number of rotatable bonds is 9. The molecule has 12 nitrogen and oxygen atoms in total. The van der Waals surface area contributed by atoms with Crippen LogP contribution in [0.4, 0.5) is 5.13 Å². The summed E-state index contributed by atoms with van der Waals surface area (Å²) in [7, 11) is 0. The quantitative estimate of drug-likeness (QED) is 0.0932. The van der Waals surface area contributed by atoms with Crippen LogP contribution in [-0.2, 0) is 14.4 Å². The summed E-state index contributed by atoms with van der Waals surface area (Å²) in [5.41, 5.74) is 10.4. The average Bonchev–Trinajstić information content (AvgIpc) is 3.19. The van der Waals surface area contributed by atoms with Crippen LogP contribution >= 0.6 is 58.2 Å². The second kappa shape index (κ2) is 11.3. The number of hydrogen-bond acceptors (Lipinski definition) is 13. The van der Waals surface area contributed by atoms with Crippen molar-refractivity contribution >= 4 is 86.9 Å². The lowest BCUT2D eigenvalue weighted by atomic mass is 10.0. The standard InChI is InChI=1S/C19H18ClN7O5S4/c20-14-10(25-19(22)36-14)11(26-32)15(28)24-12-16(29)27-13(18(30)31)9(6-34-17(12)27)35-8-5-23-3-1-7(8)33-4-2-21/h1,3,5,12,17,32H,2,4,6,21H2,(H2,22,25)(H,24,28)(H,30,31)/b26-11-/t12-,17-/m1/s1. The first-order valence-corrected chi connectivity index (χ1v) is 14.1. The van der Waals surface area contributed by atoms with Crippen molar-refractivity contribution in [2.24, 2.45) is 10.9 Å². The summed E-state index contributed by atoms with van der Waals surface area (Å²) in [6, 6.07) is 0.787. The first-order chi connectivity index (χ1) is 17.3. The van der Waals surface area contributed by atoms with E-state index in [1.165, 1.54) is 35.3 Å². The first kappa shape index (κ1) is 26.6. The number of amides is 2. The highest BCUT2D eigenvalue weighted by Crippen LogP contribution is 2.46. The number of thiazole rings is 1. The van der Waals surface area contributed by atoms with E-state index in [-0.39, 0.29) is 20.9 Å². The molecule has 0 aromatic carbocycles. The van der Waals surface area contributed by atoms with Gasteiger partial charge in [0.2, 0.25) is 0 Å². The molecule has 0 unspecified atom stereocenters. The molecular weight excluding hydrogens is 570 g/mol. The van der Waals surface area contributed by atoms with Gasteiger partial charge in [0, 0.05) is 45.1 Å². The molecule has 2 aromatic heterocycles. The Labute approximate surface area is 225 Å². The lowest BCUT2D eigenvalue weighted by Gasteiger charge is -2.49. The number of carboxylic acids is 1. The van der Waals surface area contributed by atoms with E-state index in [0.717, 1.165) is 26.0 Å². The number of pyridine rings is 1. The van der Waals surface area contributed by atoms with Gasteiger partial charge in [-0.25, -0.2) is 9.78 Å². The molecule has 2 aromatic rings. The third-order valence-corrected chi connectivity index (χ3v) is 9.83. The molecule has 2 aliphatic heterocycles. The number of carbonyl (C=O) groups excluding carboxylic acids is 2. The van der Waals surface area contributed by atoms with Gasteiger partial charge in [-0.1, -0.05) is 39.9 Å². The number of thioether (sulfide) groups is 3. The zero-order valence-electron chi connectivity index (χ0n) is 18.1. The van der Waals surface area contributed by atoms with Crippen LogP contribution < -0.4 is 16.8 Å². The number of fused-ring (bicyclic) bond motifs is 1. The van der Waals surface area contributed by atoms with Crippen LogP contribution in [0.1, 0.15) is 5.69 Å². The Morgan fingerprint density at radius 1 is 1.39 bits per heavy atom. The third kappa shape index (κ3) is 5.14. The Kier molecular flexibility index (Phi) is 8.31. The van der Waals surface area contributed by atoms with Gasteiger partial charge in [-0.15, -0.1) is 23.5 Å². The maximum absolute atomic E-state index is 13.0. The number of oxime groups is 1. The summed E-state index contributed by atoms with van der Waals surface area (Å²) in [6.45, 7) is 0.484. The molecule has 2 amide bonds. The maximum Gasteiger partial charge on any atom is 0.353 e. The van der Waals surface area contributed by atoms with Crippen molar-refractivity contribution < 1.29 is 24.7 Å². The van der Waals surface area contributed by atoms with Crippen molar-refractivity contribution in [3.63, 3.8) is 0 Å². The Balaban J connectivity index is 1.54. The molecule has 1 fully saturated rings. The number of halogens is 1. The van der Waals surface area contributed by atoms with E-state index in [1.54, 1.807) is 12.4 Å². The molecular formula is C19H18ClN7O5S4. The highest BCUT2D eigenvalue weighted by molar-refractivity contribution is 8.07. The summed E-state index contributed by atoms with van der Waals surface area (Å²) in [5, 5.41) is 24.1. The number of anilines is 1. The van der Waals surface area contributed by atoms with E-state index in [0.29, 0.717) is 23.0 Å². The fourth-order valence-electron chi connectivity index (χ4n) is 3.41. The van der Waals surface area contributed by atoms with Crippen molar-refractivity contribution in [2.75, 3.05) is 23.8 Å². The number of aliphatic carboxylic acids is 1. The van der Waals surface area contributed by atoms with Crippen LogP contribution in [0.15, 0.2) is 44.0 Å². The summed E-state index contributed by atoms with van der Waals surface area (Å²) in [6.07, 6.45) is 3.28.